The van der Waals surface area contributed by atoms with Crippen molar-refractivity contribution >= 4 is 46.9 Å². The lowest BCUT2D eigenvalue weighted by Crippen LogP contribution is -2.30. The van der Waals surface area contributed by atoms with Gasteiger partial charge in [-0.3, -0.25) is 14.4 Å². The van der Waals surface area contributed by atoms with Crippen LogP contribution in [-0.2, 0) is 9.59 Å². The molecule has 0 saturated heterocycles. The van der Waals surface area contributed by atoms with Crippen LogP contribution >= 0.6 is 11.8 Å². The number of amides is 3. The molecule has 3 N–H and O–H groups in total. The average Bonchev–Trinajstić information content (AvgIpc) is 3.18. The molecule has 9 nitrogen and oxygen atoms in total. The first-order chi connectivity index (χ1) is 25.5. The van der Waals surface area contributed by atoms with Gasteiger partial charge in [-0.15, -0.1) is 11.8 Å². The molecule has 0 radical (unpaired) electrons. The summed E-state index contributed by atoms with van der Waals surface area (Å²) < 4.78 is 73.0. The summed E-state index contributed by atoms with van der Waals surface area (Å²) in [7, 11) is 4.33. The van der Waals surface area contributed by atoms with E-state index in [0.29, 0.717) is 33.3 Å². The highest BCUT2D eigenvalue weighted by molar-refractivity contribution is 8.00. The fraction of sp³-hybridized carbons (Fsp3) is 0.103. The van der Waals surface area contributed by atoms with Crippen molar-refractivity contribution in [1.29, 1.82) is 0 Å². The highest BCUT2D eigenvalue weighted by Gasteiger charge is 2.27. The van der Waals surface area contributed by atoms with Crippen LogP contribution in [0.15, 0.2) is 114 Å². The molecule has 0 aliphatic rings. The Bertz CT molecular complexity index is 2140. The molecule has 5 aromatic rings. The van der Waals surface area contributed by atoms with Crippen molar-refractivity contribution in [3.63, 3.8) is 0 Å². The fourth-order valence-electron chi connectivity index (χ4n) is 5.02. The van der Waals surface area contributed by atoms with Gasteiger partial charge in [0, 0.05) is 33.8 Å². The molecular weight excluding hydrogens is 715 g/mol. The molecule has 0 aromatic heterocycles. The second kappa shape index (κ2) is 17.3. The van der Waals surface area contributed by atoms with Crippen molar-refractivity contribution in [3.05, 3.63) is 149 Å². The smallest absolute Gasteiger partial charge is 0.272 e. The van der Waals surface area contributed by atoms with E-state index in [4.69, 9.17) is 14.2 Å². The van der Waals surface area contributed by atoms with Gasteiger partial charge in [-0.2, -0.15) is 0 Å². The van der Waals surface area contributed by atoms with E-state index in [9.17, 15) is 31.9 Å². The minimum Gasteiger partial charge on any atom is -0.496 e. The van der Waals surface area contributed by atoms with Crippen LogP contribution < -0.4 is 30.2 Å². The first-order valence-corrected chi connectivity index (χ1v) is 16.6. The van der Waals surface area contributed by atoms with Crippen molar-refractivity contribution in [3.8, 4) is 17.2 Å². The van der Waals surface area contributed by atoms with E-state index in [2.05, 4.69) is 10.6 Å². The largest absolute Gasteiger partial charge is 0.496 e. The molecule has 53 heavy (non-hydrogen) atoms. The lowest BCUT2D eigenvalue weighted by molar-refractivity contribution is -0.116. The lowest BCUT2D eigenvalue weighted by atomic mass is 10.1. The third-order valence-corrected chi connectivity index (χ3v) is 8.86. The van der Waals surface area contributed by atoms with Crippen molar-refractivity contribution in [2.24, 2.45) is 0 Å². The van der Waals surface area contributed by atoms with Gasteiger partial charge in [-0.05, 0) is 48.0 Å². The molecule has 3 amide bonds. The van der Waals surface area contributed by atoms with E-state index in [1.54, 1.807) is 91.0 Å². The van der Waals surface area contributed by atoms with Crippen LogP contribution in [0.2, 0.25) is 0 Å². The topological polar surface area (TPSA) is 115 Å². The van der Waals surface area contributed by atoms with Crippen LogP contribution in [-0.4, -0.2) is 39.1 Å². The van der Waals surface area contributed by atoms with Crippen molar-refractivity contribution in [2.75, 3.05) is 32.0 Å². The summed E-state index contributed by atoms with van der Waals surface area (Å²) in [6, 6.07) is 25.9. The first-order valence-electron chi connectivity index (χ1n) is 15.7. The minimum atomic E-state index is -1.76. The number of methoxy groups -OCH3 is 3. The van der Waals surface area contributed by atoms with E-state index in [1.165, 1.54) is 33.5 Å². The number of nitrogens with one attached hydrogen (secondary N) is 3. The van der Waals surface area contributed by atoms with Gasteiger partial charge in [0.1, 0.15) is 22.4 Å². The number of rotatable bonds is 13. The molecule has 0 saturated carbocycles. The Balaban J connectivity index is 1.46. The van der Waals surface area contributed by atoms with E-state index in [-0.39, 0.29) is 23.0 Å². The summed E-state index contributed by atoms with van der Waals surface area (Å²) in [6.07, 6.45) is 1.40. The van der Waals surface area contributed by atoms with Crippen molar-refractivity contribution in [1.82, 2.24) is 5.32 Å². The Morgan fingerprint density at radius 3 is 1.91 bits per heavy atom. The second-order valence-electron chi connectivity index (χ2n) is 11.1. The molecule has 0 fully saturated rings. The van der Waals surface area contributed by atoms with Gasteiger partial charge >= 0.3 is 0 Å². The quantitative estimate of drug-likeness (QED) is 0.0483. The standard InChI is InChI=1S/C39H31F4N3O6S/c1-50-30-21-32(52-3)31(51-2)18-24(30)17-29(45-37(47)23-13-8-5-9-14-23)38(48)44-25-15-10-16-26(19-25)53-36(22-11-6-4-7-12-22)39(49)46-35-33(42)27(40)20-28(41)34(35)43/h4-21,36H,1-3H3,(H,44,48)(H,45,47)(H,46,49)/b29-17+. The number of carbonyl (C=O) groups excluding carboxylic acids is 3. The van der Waals surface area contributed by atoms with E-state index in [1.807, 2.05) is 5.32 Å². The molecule has 0 aliphatic heterocycles. The number of hydrogen-bond donors (Lipinski definition) is 3. The zero-order valence-corrected chi connectivity index (χ0v) is 29.2. The van der Waals surface area contributed by atoms with E-state index >= 15 is 0 Å². The predicted octanol–water partition coefficient (Wildman–Crippen LogP) is 8.15. The maximum Gasteiger partial charge on any atom is 0.272 e. The number of benzene rings is 5. The average molecular weight is 746 g/mol. The van der Waals surface area contributed by atoms with Crippen LogP contribution in [0.1, 0.15) is 26.7 Å². The third-order valence-electron chi connectivity index (χ3n) is 7.61. The maximum absolute atomic E-state index is 14.5. The maximum atomic E-state index is 14.5. The fourth-order valence-corrected chi connectivity index (χ4v) is 6.10. The SMILES string of the molecule is COc1cc(OC)c(OC)cc1/C=C(/NC(=O)c1ccccc1)C(=O)Nc1cccc(SC(C(=O)Nc2c(F)c(F)cc(F)c2F)c2ccccc2)c1. The normalized spacial score (nSPS) is 11.6. The number of hydrogen-bond acceptors (Lipinski definition) is 7. The summed E-state index contributed by atoms with van der Waals surface area (Å²) in [5, 5.41) is 6.21. The molecule has 1 atom stereocenters. The van der Waals surface area contributed by atoms with E-state index in [0.717, 1.165) is 11.8 Å². The molecule has 0 aliphatic carbocycles. The van der Waals surface area contributed by atoms with Crippen LogP contribution in [0.3, 0.4) is 0 Å². The number of carbonyl (C=O) groups is 3. The summed E-state index contributed by atoms with van der Waals surface area (Å²) in [5.41, 5.74) is -0.130. The zero-order valence-electron chi connectivity index (χ0n) is 28.3. The van der Waals surface area contributed by atoms with Gasteiger partial charge in [-0.25, -0.2) is 17.6 Å². The number of ether oxygens (including phenoxy) is 3. The molecule has 5 rings (SSSR count). The van der Waals surface area contributed by atoms with Crippen LogP contribution in [0.25, 0.3) is 6.08 Å². The van der Waals surface area contributed by atoms with Crippen molar-refractivity contribution < 1.29 is 46.2 Å². The highest BCUT2D eigenvalue weighted by Crippen LogP contribution is 2.39. The summed E-state index contributed by atoms with van der Waals surface area (Å²) in [4.78, 5) is 41.0. The predicted molar refractivity (Wildman–Crippen MR) is 193 cm³/mol. The number of halogens is 4. The Morgan fingerprint density at radius 2 is 1.28 bits per heavy atom. The van der Waals surface area contributed by atoms with Crippen LogP contribution in [0.5, 0.6) is 17.2 Å². The summed E-state index contributed by atoms with van der Waals surface area (Å²) >= 11 is 0.940. The number of anilines is 2. The van der Waals surface area contributed by atoms with E-state index < -0.39 is 51.9 Å². The Labute approximate surface area is 306 Å². The van der Waals surface area contributed by atoms with Gasteiger partial charge in [0.05, 0.1) is 21.3 Å². The minimum absolute atomic E-state index is 0.0432. The van der Waals surface area contributed by atoms with Gasteiger partial charge < -0.3 is 30.2 Å². The summed E-state index contributed by atoms with van der Waals surface area (Å²) in [5.74, 6) is -8.13. The van der Waals surface area contributed by atoms with Gasteiger partial charge in [0.2, 0.25) is 5.91 Å². The molecular formula is C39H31F4N3O6S. The molecule has 272 valence electrons. The molecule has 14 heteroatoms. The highest BCUT2D eigenvalue weighted by atomic mass is 32.2. The second-order valence-corrected chi connectivity index (χ2v) is 12.2. The number of thioether (sulfide) groups is 1. The van der Waals surface area contributed by atoms with Crippen molar-refractivity contribution in [2.45, 2.75) is 10.1 Å². The third kappa shape index (κ3) is 9.15. The Hall–Kier alpha value is -6.28. The van der Waals surface area contributed by atoms with Crippen LogP contribution in [0.4, 0.5) is 28.9 Å². The molecule has 1 unspecified atom stereocenters. The molecule has 0 spiro atoms. The molecule has 5 aromatic carbocycles. The monoisotopic (exact) mass is 745 g/mol. The summed E-state index contributed by atoms with van der Waals surface area (Å²) in [6.45, 7) is 0. The van der Waals surface area contributed by atoms with Gasteiger partial charge in [-0.1, -0.05) is 54.6 Å². The first kappa shape index (κ1) is 38.0. The lowest BCUT2D eigenvalue weighted by Gasteiger charge is -2.18. The van der Waals surface area contributed by atoms with Gasteiger partial charge in [0.15, 0.2) is 34.8 Å². The van der Waals surface area contributed by atoms with Gasteiger partial charge in [0.25, 0.3) is 11.8 Å². The Kier molecular flexibility index (Phi) is 12.4. The molecule has 0 bridgehead atoms. The zero-order chi connectivity index (χ0) is 38.1. The Morgan fingerprint density at radius 1 is 0.679 bits per heavy atom. The van der Waals surface area contributed by atoms with Crippen LogP contribution in [0, 0.1) is 23.3 Å². The molecule has 0 heterocycles.